The van der Waals surface area contributed by atoms with E-state index in [4.69, 9.17) is 0 Å². The van der Waals surface area contributed by atoms with Crippen molar-refractivity contribution in [2.75, 3.05) is 6.54 Å². The molecule has 0 spiro atoms. The molecular weight excluding hydrogens is 276 g/mol. The summed E-state index contributed by atoms with van der Waals surface area (Å²) in [6.07, 6.45) is 4.32. The van der Waals surface area contributed by atoms with Crippen molar-refractivity contribution in [2.24, 2.45) is 5.92 Å². The number of benzene rings is 1. The highest BCUT2D eigenvalue weighted by Crippen LogP contribution is 2.25. The molecule has 0 radical (unpaired) electrons. The molecule has 4 heteroatoms. The van der Waals surface area contributed by atoms with Crippen LogP contribution in [0.3, 0.4) is 0 Å². The van der Waals surface area contributed by atoms with Crippen molar-refractivity contribution >= 4 is 16.8 Å². The van der Waals surface area contributed by atoms with Crippen LogP contribution in [0.5, 0.6) is 0 Å². The topological polar surface area (TPSA) is 62.2 Å². The van der Waals surface area contributed by atoms with E-state index < -0.39 is 0 Å². The first kappa shape index (κ1) is 15.0. The lowest BCUT2D eigenvalue weighted by molar-refractivity contribution is 0.0918. The summed E-state index contributed by atoms with van der Waals surface area (Å²) in [5.41, 5.74) is 3.53. The van der Waals surface area contributed by atoms with E-state index in [0.717, 1.165) is 41.3 Å². The lowest BCUT2D eigenvalue weighted by atomic mass is 10.0. The number of aliphatic hydroxyl groups excluding tert-OH is 1. The smallest absolute Gasteiger partial charge is 0.253 e. The average molecular weight is 298 g/mol. The van der Waals surface area contributed by atoms with E-state index in [2.05, 4.69) is 16.4 Å². The van der Waals surface area contributed by atoms with Crippen molar-refractivity contribution in [3.05, 3.63) is 41.1 Å². The Balaban J connectivity index is 1.86. The maximum absolute atomic E-state index is 12.6. The molecule has 1 amide bonds. The molecule has 0 bridgehead atoms. The zero-order valence-corrected chi connectivity index (χ0v) is 13.1. The van der Waals surface area contributed by atoms with E-state index in [-0.39, 0.29) is 17.9 Å². The highest BCUT2D eigenvalue weighted by atomic mass is 16.3. The van der Waals surface area contributed by atoms with Crippen LogP contribution in [0.4, 0.5) is 0 Å². The second kappa shape index (κ2) is 6.05. The van der Waals surface area contributed by atoms with Crippen molar-refractivity contribution in [1.82, 2.24) is 10.3 Å². The van der Waals surface area contributed by atoms with Crippen LogP contribution in [0.1, 0.15) is 40.7 Å². The minimum atomic E-state index is -0.282. The van der Waals surface area contributed by atoms with Gasteiger partial charge in [0.05, 0.1) is 17.2 Å². The lowest BCUT2D eigenvalue weighted by Gasteiger charge is -2.16. The Labute approximate surface area is 130 Å². The fourth-order valence-electron chi connectivity index (χ4n) is 3.28. The van der Waals surface area contributed by atoms with E-state index in [1.54, 1.807) is 6.20 Å². The molecule has 1 heterocycles. The molecule has 3 rings (SSSR count). The van der Waals surface area contributed by atoms with Crippen molar-refractivity contribution in [3.63, 3.8) is 0 Å². The van der Waals surface area contributed by atoms with Crippen LogP contribution in [0.2, 0.25) is 0 Å². The summed E-state index contributed by atoms with van der Waals surface area (Å²) in [6.45, 7) is 4.55. The molecule has 0 aliphatic heterocycles. The summed E-state index contributed by atoms with van der Waals surface area (Å²) in [5, 5.41) is 13.9. The SMILES string of the molecule is Cc1cc(C(=O)NC[C@H]2CCC[C@@H]2O)c2nccc(C)c2c1. The maximum atomic E-state index is 12.6. The van der Waals surface area contributed by atoms with E-state index in [9.17, 15) is 9.90 Å². The number of nitrogens with zero attached hydrogens (tertiary/aromatic N) is 1. The minimum Gasteiger partial charge on any atom is -0.393 e. The number of aliphatic hydroxyl groups is 1. The summed E-state index contributed by atoms with van der Waals surface area (Å²) < 4.78 is 0. The third-order valence-corrected chi connectivity index (χ3v) is 4.60. The number of pyridine rings is 1. The van der Waals surface area contributed by atoms with Gasteiger partial charge >= 0.3 is 0 Å². The molecule has 0 saturated heterocycles. The van der Waals surface area contributed by atoms with Gasteiger partial charge in [0.2, 0.25) is 0 Å². The highest BCUT2D eigenvalue weighted by molar-refractivity contribution is 6.06. The van der Waals surface area contributed by atoms with Crippen molar-refractivity contribution in [3.8, 4) is 0 Å². The van der Waals surface area contributed by atoms with Gasteiger partial charge in [-0.15, -0.1) is 0 Å². The first-order chi connectivity index (χ1) is 10.6. The third kappa shape index (κ3) is 2.83. The van der Waals surface area contributed by atoms with Crippen molar-refractivity contribution in [2.45, 2.75) is 39.2 Å². The quantitative estimate of drug-likeness (QED) is 0.916. The van der Waals surface area contributed by atoms with Crippen LogP contribution < -0.4 is 5.32 Å². The Hall–Kier alpha value is -1.94. The van der Waals surface area contributed by atoms with E-state index in [0.29, 0.717) is 12.1 Å². The number of hydrogen-bond acceptors (Lipinski definition) is 3. The molecule has 1 aromatic heterocycles. The first-order valence-electron chi connectivity index (χ1n) is 7.88. The molecule has 22 heavy (non-hydrogen) atoms. The molecular formula is C18H22N2O2. The molecule has 2 N–H and O–H groups in total. The second-order valence-corrected chi connectivity index (χ2v) is 6.30. The highest BCUT2D eigenvalue weighted by Gasteiger charge is 2.25. The summed E-state index contributed by atoms with van der Waals surface area (Å²) in [4.78, 5) is 16.9. The number of fused-ring (bicyclic) bond motifs is 1. The fourth-order valence-corrected chi connectivity index (χ4v) is 3.28. The molecule has 1 saturated carbocycles. The number of aryl methyl sites for hydroxylation is 2. The Kier molecular flexibility index (Phi) is 4.12. The van der Waals surface area contributed by atoms with Crippen LogP contribution in [-0.2, 0) is 0 Å². The van der Waals surface area contributed by atoms with Gasteiger partial charge in [0.15, 0.2) is 0 Å². The molecule has 0 unspecified atom stereocenters. The number of carbonyl (C=O) groups is 1. The van der Waals surface area contributed by atoms with Gasteiger partial charge in [-0.1, -0.05) is 6.42 Å². The summed E-state index contributed by atoms with van der Waals surface area (Å²) in [5.74, 6) is 0.0700. The van der Waals surface area contributed by atoms with Crippen LogP contribution in [0.15, 0.2) is 24.4 Å². The second-order valence-electron chi connectivity index (χ2n) is 6.30. The summed E-state index contributed by atoms with van der Waals surface area (Å²) in [7, 11) is 0. The Morgan fingerprint density at radius 1 is 1.36 bits per heavy atom. The van der Waals surface area contributed by atoms with Crippen LogP contribution in [0, 0.1) is 19.8 Å². The molecule has 1 aromatic carbocycles. The molecule has 116 valence electrons. The zero-order chi connectivity index (χ0) is 15.7. The monoisotopic (exact) mass is 298 g/mol. The standard InChI is InChI=1S/C18H22N2O2/c1-11-8-14-12(2)6-7-19-17(14)15(9-11)18(22)20-10-13-4-3-5-16(13)21/h6-9,13,16,21H,3-5,10H2,1-2H3,(H,20,22)/t13-,16+/m1/s1. The van der Waals surface area contributed by atoms with Gasteiger partial charge in [0, 0.05) is 24.0 Å². The molecule has 2 atom stereocenters. The molecule has 1 aliphatic rings. The van der Waals surface area contributed by atoms with Gasteiger partial charge in [0.1, 0.15) is 0 Å². The molecule has 4 nitrogen and oxygen atoms in total. The van der Waals surface area contributed by atoms with Crippen molar-refractivity contribution < 1.29 is 9.90 Å². The van der Waals surface area contributed by atoms with Crippen LogP contribution >= 0.6 is 0 Å². The summed E-state index contributed by atoms with van der Waals surface area (Å²) >= 11 is 0. The maximum Gasteiger partial charge on any atom is 0.253 e. The van der Waals surface area contributed by atoms with E-state index in [1.807, 2.05) is 26.0 Å². The van der Waals surface area contributed by atoms with Gasteiger partial charge in [0.25, 0.3) is 5.91 Å². The Morgan fingerprint density at radius 3 is 2.91 bits per heavy atom. The number of hydrogen-bond donors (Lipinski definition) is 2. The predicted octanol–water partition coefficient (Wildman–Crippen LogP) is 2.74. The Morgan fingerprint density at radius 2 is 2.18 bits per heavy atom. The predicted molar refractivity (Wildman–Crippen MR) is 86.9 cm³/mol. The lowest BCUT2D eigenvalue weighted by Crippen LogP contribution is -2.32. The van der Waals surface area contributed by atoms with Gasteiger partial charge in [-0.3, -0.25) is 9.78 Å². The van der Waals surface area contributed by atoms with Gasteiger partial charge in [-0.05, 0) is 56.0 Å². The normalized spacial score (nSPS) is 21.2. The number of nitrogens with one attached hydrogen (secondary N) is 1. The van der Waals surface area contributed by atoms with Crippen molar-refractivity contribution in [1.29, 1.82) is 0 Å². The Bertz CT molecular complexity index is 712. The molecule has 2 aromatic rings. The van der Waals surface area contributed by atoms with Crippen LogP contribution in [0.25, 0.3) is 10.9 Å². The fraction of sp³-hybridized carbons (Fsp3) is 0.444. The van der Waals surface area contributed by atoms with Gasteiger partial charge in [-0.25, -0.2) is 0 Å². The number of carbonyl (C=O) groups excluding carboxylic acids is 1. The minimum absolute atomic E-state index is 0.106. The first-order valence-corrected chi connectivity index (χ1v) is 7.88. The van der Waals surface area contributed by atoms with E-state index in [1.165, 1.54) is 0 Å². The third-order valence-electron chi connectivity index (χ3n) is 4.60. The van der Waals surface area contributed by atoms with E-state index >= 15 is 0 Å². The summed E-state index contributed by atoms with van der Waals surface area (Å²) in [6, 6.07) is 5.91. The largest absolute Gasteiger partial charge is 0.393 e. The molecule has 1 fully saturated rings. The van der Waals surface area contributed by atoms with Gasteiger partial charge in [-0.2, -0.15) is 0 Å². The van der Waals surface area contributed by atoms with Crippen LogP contribution in [-0.4, -0.2) is 28.6 Å². The van der Waals surface area contributed by atoms with Gasteiger partial charge < -0.3 is 10.4 Å². The number of aromatic nitrogens is 1. The zero-order valence-electron chi connectivity index (χ0n) is 13.1. The average Bonchev–Trinajstić information content (AvgIpc) is 2.90. The number of rotatable bonds is 3. The molecule has 1 aliphatic carbocycles. The number of amides is 1.